The molecule has 8 nitrogen and oxygen atoms in total. The largest absolute Gasteiger partial charge is 0.497 e. The second kappa shape index (κ2) is 8.68. The number of benzene rings is 1. The highest BCUT2D eigenvalue weighted by atomic mass is 16.5. The molecule has 2 amide bonds. The number of carbonyl (C=O) groups is 1. The molecule has 2 aromatic rings. The molecule has 1 aliphatic heterocycles. The van der Waals surface area contributed by atoms with Gasteiger partial charge in [0.2, 0.25) is 5.43 Å². The number of hydrogen-bond acceptors (Lipinski definition) is 5. The summed E-state index contributed by atoms with van der Waals surface area (Å²) < 4.78 is 10.4. The Balaban J connectivity index is 1.52. The Morgan fingerprint density at radius 1 is 1.35 bits per heavy atom. The van der Waals surface area contributed by atoms with E-state index in [1.54, 1.807) is 25.3 Å². The summed E-state index contributed by atoms with van der Waals surface area (Å²) in [7, 11) is 1.57. The summed E-state index contributed by atoms with van der Waals surface area (Å²) in [6.07, 6.45) is 2.35. The van der Waals surface area contributed by atoms with Crippen molar-refractivity contribution in [2.24, 2.45) is 0 Å². The van der Waals surface area contributed by atoms with Gasteiger partial charge in [-0.1, -0.05) is 0 Å². The van der Waals surface area contributed by atoms with Gasteiger partial charge in [-0.15, -0.1) is 0 Å². The summed E-state index contributed by atoms with van der Waals surface area (Å²) in [4.78, 5) is 29.8. The van der Waals surface area contributed by atoms with Crippen molar-refractivity contribution in [3.8, 4) is 5.75 Å². The molecule has 0 radical (unpaired) electrons. The lowest BCUT2D eigenvalue weighted by Crippen LogP contribution is -2.38. The number of H-pyrrole nitrogens is 1. The summed E-state index contributed by atoms with van der Waals surface area (Å²) in [6.45, 7) is 4.87. The smallest absolute Gasteiger partial charge is 0.319 e. The van der Waals surface area contributed by atoms with Crippen molar-refractivity contribution >= 4 is 22.6 Å². The fourth-order valence-corrected chi connectivity index (χ4v) is 2.92. The molecule has 140 valence electrons. The van der Waals surface area contributed by atoms with E-state index < -0.39 is 0 Å². The molecule has 1 aliphatic rings. The first-order valence-electron chi connectivity index (χ1n) is 8.72. The number of pyridine rings is 1. The van der Waals surface area contributed by atoms with Gasteiger partial charge < -0.3 is 25.1 Å². The minimum atomic E-state index is -0.384. The topological polar surface area (TPSA) is 95.7 Å². The molecule has 2 heterocycles. The predicted molar refractivity (Wildman–Crippen MR) is 100 cm³/mol. The molecule has 1 fully saturated rings. The fraction of sp³-hybridized carbons (Fsp3) is 0.444. The lowest BCUT2D eigenvalue weighted by atomic mass is 10.2. The van der Waals surface area contributed by atoms with Crippen LogP contribution in [0.15, 0.2) is 29.2 Å². The lowest BCUT2D eigenvalue weighted by molar-refractivity contribution is 0.0375. The molecule has 1 aromatic carbocycles. The van der Waals surface area contributed by atoms with Crippen molar-refractivity contribution in [3.05, 3.63) is 34.6 Å². The average molecular weight is 360 g/mol. The molecule has 0 atom stereocenters. The van der Waals surface area contributed by atoms with Crippen LogP contribution in [0.25, 0.3) is 10.9 Å². The first kappa shape index (κ1) is 18.2. The van der Waals surface area contributed by atoms with Crippen molar-refractivity contribution in [2.45, 2.75) is 6.42 Å². The summed E-state index contributed by atoms with van der Waals surface area (Å²) in [5, 5.41) is 5.89. The van der Waals surface area contributed by atoms with E-state index >= 15 is 0 Å². The quantitative estimate of drug-likeness (QED) is 0.677. The van der Waals surface area contributed by atoms with E-state index in [2.05, 4.69) is 20.5 Å². The van der Waals surface area contributed by atoms with Gasteiger partial charge in [0.1, 0.15) is 11.4 Å². The van der Waals surface area contributed by atoms with Gasteiger partial charge in [-0.05, 0) is 25.1 Å². The number of methoxy groups -OCH3 is 1. The van der Waals surface area contributed by atoms with Crippen LogP contribution in [0.5, 0.6) is 5.75 Å². The monoisotopic (exact) mass is 360 g/mol. The highest BCUT2D eigenvalue weighted by Gasteiger charge is 2.11. The van der Waals surface area contributed by atoms with Crippen LogP contribution in [0.2, 0.25) is 0 Å². The summed E-state index contributed by atoms with van der Waals surface area (Å²) in [6, 6.07) is 4.75. The first-order valence-corrected chi connectivity index (χ1v) is 8.72. The number of anilines is 1. The SMILES string of the molecule is COc1ccc2c(=O)c(NC(=O)NCCCN3CCOCC3)c[nH]c2c1. The zero-order valence-corrected chi connectivity index (χ0v) is 14.8. The van der Waals surface area contributed by atoms with Crippen LogP contribution >= 0.6 is 0 Å². The number of aromatic nitrogens is 1. The Hall–Kier alpha value is -2.58. The maximum Gasteiger partial charge on any atom is 0.319 e. The zero-order chi connectivity index (χ0) is 18.4. The number of amides is 2. The van der Waals surface area contributed by atoms with Gasteiger partial charge >= 0.3 is 6.03 Å². The van der Waals surface area contributed by atoms with E-state index in [9.17, 15) is 9.59 Å². The van der Waals surface area contributed by atoms with Gasteiger partial charge in [0.25, 0.3) is 0 Å². The van der Waals surface area contributed by atoms with Crippen molar-refractivity contribution in [2.75, 3.05) is 51.8 Å². The highest BCUT2D eigenvalue weighted by molar-refractivity contribution is 5.92. The Labute approximate surface area is 151 Å². The fourth-order valence-electron chi connectivity index (χ4n) is 2.92. The van der Waals surface area contributed by atoms with Gasteiger partial charge in [0, 0.05) is 37.3 Å². The number of carbonyl (C=O) groups excluding carboxylic acids is 1. The summed E-state index contributed by atoms with van der Waals surface area (Å²) in [5.74, 6) is 0.659. The van der Waals surface area contributed by atoms with Crippen LogP contribution in [0.4, 0.5) is 10.5 Å². The summed E-state index contributed by atoms with van der Waals surface area (Å²) >= 11 is 0. The van der Waals surface area contributed by atoms with E-state index in [1.165, 1.54) is 6.20 Å². The van der Waals surface area contributed by atoms with Crippen LogP contribution in [0.1, 0.15) is 6.42 Å². The Kier molecular flexibility index (Phi) is 6.08. The van der Waals surface area contributed by atoms with Crippen LogP contribution in [-0.4, -0.2) is 62.4 Å². The Morgan fingerprint density at radius 2 is 2.15 bits per heavy atom. The third-order valence-corrected chi connectivity index (χ3v) is 4.38. The number of ether oxygens (including phenoxy) is 2. The number of aromatic amines is 1. The number of nitrogens with one attached hydrogen (secondary N) is 3. The molecule has 3 N–H and O–H groups in total. The van der Waals surface area contributed by atoms with E-state index in [-0.39, 0.29) is 17.1 Å². The third-order valence-electron chi connectivity index (χ3n) is 4.38. The van der Waals surface area contributed by atoms with Crippen LogP contribution in [0, 0.1) is 0 Å². The second-order valence-electron chi connectivity index (χ2n) is 6.13. The van der Waals surface area contributed by atoms with Crippen LogP contribution < -0.4 is 20.8 Å². The molecule has 1 aromatic heterocycles. The average Bonchev–Trinajstić information content (AvgIpc) is 2.68. The van der Waals surface area contributed by atoms with Crippen molar-refractivity contribution in [3.63, 3.8) is 0 Å². The molecule has 26 heavy (non-hydrogen) atoms. The molecule has 0 unspecified atom stereocenters. The Bertz CT molecular complexity index is 814. The van der Waals surface area contributed by atoms with E-state index in [0.717, 1.165) is 39.3 Å². The molecular weight excluding hydrogens is 336 g/mol. The maximum absolute atomic E-state index is 12.5. The van der Waals surface area contributed by atoms with Crippen LogP contribution in [0.3, 0.4) is 0 Å². The van der Waals surface area contributed by atoms with Crippen molar-refractivity contribution in [1.82, 2.24) is 15.2 Å². The van der Waals surface area contributed by atoms with Gasteiger partial charge in [0.15, 0.2) is 0 Å². The van der Waals surface area contributed by atoms with Gasteiger partial charge in [-0.3, -0.25) is 9.69 Å². The molecule has 3 rings (SSSR count). The minimum Gasteiger partial charge on any atom is -0.497 e. The van der Waals surface area contributed by atoms with Gasteiger partial charge in [-0.2, -0.15) is 0 Å². The third kappa shape index (κ3) is 4.53. The molecule has 1 saturated heterocycles. The molecule has 0 aliphatic carbocycles. The number of fused-ring (bicyclic) bond motifs is 1. The number of urea groups is 1. The van der Waals surface area contributed by atoms with Gasteiger partial charge in [0.05, 0.1) is 25.8 Å². The molecule has 0 spiro atoms. The maximum atomic E-state index is 12.5. The second-order valence-corrected chi connectivity index (χ2v) is 6.13. The molecule has 0 bridgehead atoms. The number of nitrogens with zero attached hydrogens (tertiary/aromatic N) is 1. The molecule has 8 heteroatoms. The predicted octanol–water partition coefficient (Wildman–Crippen LogP) is 1.38. The summed E-state index contributed by atoms with van der Waals surface area (Å²) in [5.41, 5.74) is 0.643. The lowest BCUT2D eigenvalue weighted by Gasteiger charge is -2.26. The molecule has 0 saturated carbocycles. The van der Waals surface area contributed by atoms with Crippen molar-refractivity contribution < 1.29 is 14.3 Å². The number of rotatable bonds is 6. The van der Waals surface area contributed by atoms with E-state index in [4.69, 9.17) is 9.47 Å². The van der Waals surface area contributed by atoms with E-state index in [1.807, 2.05) is 0 Å². The van der Waals surface area contributed by atoms with E-state index in [0.29, 0.717) is 23.2 Å². The van der Waals surface area contributed by atoms with Gasteiger partial charge in [-0.25, -0.2) is 4.79 Å². The number of hydrogen-bond donors (Lipinski definition) is 3. The standard InChI is InChI=1S/C18H24N4O4/c1-25-13-3-4-14-15(11-13)20-12-16(17(14)23)21-18(24)19-5-2-6-22-7-9-26-10-8-22/h3-4,11-12H,2,5-10H2,1H3,(H,20,23)(H2,19,21,24). The first-order chi connectivity index (χ1) is 12.7. The number of morpholine rings is 1. The van der Waals surface area contributed by atoms with Crippen molar-refractivity contribution in [1.29, 1.82) is 0 Å². The van der Waals surface area contributed by atoms with Crippen LogP contribution in [-0.2, 0) is 4.74 Å². The Morgan fingerprint density at radius 3 is 2.92 bits per heavy atom. The minimum absolute atomic E-state index is 0.216. The highest BCUT2D eigenvalue weighted by Crippen LogP contribution is 2.17. The molecular formula is C18H24N4O4. The normalized spacial score (nSPS) is 15.0. The zero-order valence-electron chi connectivity index (χ0n) is 14.8.